The van der Waals surface area contributed by atoms with Gasteiger partial charge in [-0.15, -0.1) is 0 Å². The van der Waals surface area contributed by atoms with Crippen LogP contribution in [0.4, 0.5) is 0 Å². The number of aliphatic hydroxyl groups is 2. The van der Waals surface area contributed by atoms with Crippen molar-refractivity contribution in [2.45, 2.75) is 127 Å². The molecule has 1 saturated heterocycles. The minimum Gasteiger partial charge on any atom is -0.458 e. The van der Waals surface area contributed by atoms with Gasteiger partial charge in [-0.05, 0) is 74.7 Å². The van der Waals surface area contributed by atoms with Crippen LogP contribution in [0.3, 0.4) is 0 Å². The molecule has 0 aromatic rings. The Morgan fingerprint density at radius 1 is 0.894 bits per heavy atom. The second-order valence-electron chi connectivity index (χ2n) is 14.7. The summed E-state index contributed by atoms with van der Waals surface area (Å²) in [5.74, 6) is -2.78. The van der Waals surface area contributed by atoms with Gasteiger partial charge in [-0.2, -0.15) is 0 Å². The maximum atomic E-state index is 13.2. The quantitative estimate of drug-likeness (QED) is 0.175. The lowest BCUT2D eigenvalue weighted by atomic mass is 9.41. The largest absolute Gasteiger partial charge is 0.458 e. The van der Waals surface area contributed by atoms with Crippen LogP contribution in [0.15, 0.2) is 11.6 Å². The van der Waals surface area contributed by atoms with Crippen molar-refractivity contribution >= 4 is 30.2 Å². The Bertz CT molecular complexity index is 1340. The Labute approximate surface area is 273 Å². The molecule has 12 atom stereocenters. The number of aldehydes is 1. The molecule has 47 heavy (non-hydrogen) atoms. The van der Waals surface area contributed by atoms with Crippen LogP contribution < -0.4 is 0 Å². The van der Waals surface area contributed by atoms with Gasteiger partial charge < -0.3 is 43.4 Å². The third-order valence-electron chi connectivity index (χ3n) is 12.5. The standard InChI is InChI=1S/C34H46O13/c1-18(36)44-26-16-43-30(29(46-20(3)38)28(26)45-19(2)37)47-22-5-10-32(17-35)24-6-9-31(4)23(21-13-27(39)42-15-21)8-12-34(31,41)25(24)7-11-33(32,40)14-22/h13,17,22-26,28-30,40-41H,5-12,14-16H2,1-4H3/t22-,23+,24-,25+,26+,28-,29+,30-,31+,32-,33-,34?/m0/s1. The average molecular weight is 663 g/mol. The van der Waals surface area contributed by atoms with Crippen molar-refractivity contribution in [2.75, 3.05) is 13.2 Å². The minimum absolute atomic E-state index is 0.00828. The highest BCUT2D eigenvalue weighted by Crippen LogP contribution is 2.70. The third kappa shape index (κ3) is 5.50. The van der Waals surface area contributed by atoms with Crippen molar-refractivity contribution in [3.8, 4) is 0 Å². The summed E-state index contributed by atoms with van der Waals surface area (Å²) in [5, 5.41) is 24.8. The van der Waals surface area contributed by atoms with Gasteiger partial charge in [0.05, 0.1) is 29.3 Å². The second-order valence-corrected chi connectivity index (χ2v) is 14.7. The Morgan fingerprint density at radius 3 is 2.21 bits per heavy atom. The van der Waals surface area contributed by atoms with Gasteiger partial charge in [-0.3, -0.25) is 14.4 Å². The van der Waals surface area contributed by atoms with Crippen LogP contribution in [0, 0.1) is 28.6 Å². The molecule has 2 heterocycles. The molecule has 2 N–H and O–H groups in total. The van der Waals surface area contributed by atoms with E-state index in [-0.39, 0.29) is 49.8 Å². The summed E-state index contributed by atoms with van der Waals surface area (Å²) in [6, 6.07) is 0. The topological polar surface area (TPSA) is 181 Å². The first kappa shape index (κ1) is 34.0. The molecule has 0 amide bonds. The van der Waals surface area contributed by atoms with Crippen LogP contribution >= 0.6 is 0 Å². The van der Waals surface area contributed by atoms with E-state index in [0.717, 1.165) is 18.3 Å². The number of carbonyl (C=O) groups is 5. The highest BCUT2D eigenvalue weighted by Gasteiger charge is 2.71. The zero-order chi connectivity index (χ0) is 33.9. The number of hydrogen-bond acceptors (Lipinski definition) is 13. The van der Waals surface area contributed by atoms with Crippen molar-refractivity contribution in [3.05, 3.63) is 11.6 Å². The molecule has 13 nitrogen and oxygen atoms in total. The van der Waals surface area contributed by atoms with Gasteiger partial charge in [-0.1, -0.05) is 6.92 Å². The summed E-state index contributed by atoms with van der Waals surface area (Å²) >= 11 is 0. The molecule has 260 valence electrons. The van der Waals surface area contributed by atoms with Gasteiger partial charge in [0.2, 0.25) is 0 Å². The van der Waals surface area contributed by atoms with Crippen LogP contribution in [0.2, 0.25) is 0 Å². The number of fused-ring (bicyclic) bond motifs is 5. The average Bonchev–Trinajstić information content (AvgIpc) is 3.54. The van der Waals surface area contributed by atoms with Crippen molar-refractivity contribution < 1.29 is 62.6 Å². The molecule has 0 bridgehead atoms. The lowest BCUT2D eigenvalue weighted by Crippen LogP contribution is -2.69. The van der Waals surface area contributed by atoms with Gasteiger partial charge in [-0.25, -0.2) is 4.79 Å². The molecule has 0 spiro atoms. The van der Waals surface area contributed by atoms with Gasteiger partial charge >= 0.3 is 23.9 Å². The van der Waals surface area contributed by atoms with Crippen LogP contribution in [-0.4, -0.2) is 95.5 Å². The Hall–Kier alpha value is -2.87. The molecule has 4 aliphatic carbocycles. The van der Waals surface area contributed by atoms with E-state index < -0.39 is 70.6 Å². The van der Waals surface area contributed by atoms with Crippen molar-refractivity contribution in [2.24, 2.45) is 28.6 Å². The summed E-state index contributed by atoms with van der Waals surface area (Å²) in [6.45, 7) is 5.73. The highest BCUT2D eigenvalue weighted by molar-refractivity contribution is 5.85. The monoisotopic (exact) mass is 662 g/mol. The zero-order valence-corrected chi connectivity index (χ0v) is 27.4. The molecular weight excluding hydrogens is 616 g/mol. The van der Waals surface area contributed by atoms with E-state index in [1.165, 1.54) is 20.8 Å². The van der Waals surface area contributed by atoms with E-state index in [1.807, 2.05) is 0 Å². The van der Waals surface area contributed by atoms with E-state index in [0.29, 0.717) is 38.5 Å². The fourth-order valence-corrected chi connectivity index (χ4v) is 10.4. The highest BCUT2D eigenvalue weighted by atomic mass is 16.7. The SMILES string of the molecule is CC(=O)O[C@@H]1[C@@H](OC(C)=O)[C@H](O[C@H]2CC[C@]3(C=O)[C@H]4CC[C@]5(C)[C@@H](C6=CC(=O)OC6)CCC5(O)[C@@H]4CC[C@]3(O)C2)OC[C@H]1OC(C)=O. The van der Waals surface area contributed by atoms with Gasteiger partial charge in [0, 0.05) is 38.7 Å². The van der Waals surface area contributed by atoms with Crippen molar-refractivity contribution in [1.29, 1.82) is 0 Å². The first-order chi connectivity index (χ1) is 22.2. The maximum absolute atomic E-state index is 13.2. The number of hydrogen-bond donors (Lipinski definition) is 2. The predicted molar refractivity (Wildman–Crippen MR) is 159 cm³/mol. The smallest absolute Gasteiger partial charge is 0.331 e. The fraction of sp³-hybridized carbons (Fsp3) is 0.794. The number of ether oxygens (including phenoxy) is 6. The van der Waals surface area contributed by atoms with Gasteiger partial charge in [0.25, 0.3) is 0 Å². The third-order valence-corrected chi connectivity index (χ3v) is 12.5. The molecule has 6 rings (SSSR count). The molecule has 5 fully saturated rings. The maximum Gasteiger partial charge on any atom is 0.331 e. The number of cyclic esters (lactones) is 1. The van der Waals surface area contributed by atoms with E-state index in [2.05, 4.69) is 6.92 Å². The molecule has 0 aromatic carbocycles. The summed E-state index contributed by atoms with van der Waals surface area (Å²) < 4.78 is 33.6. The van der Waals surface area contributed by atoms with E-state index in [4.69, 9.17) is 28.4 Å². The summed E-state index contributed by atoms with van der Waals surface area (Å²) in [6.07, 6.45) is 1.37. The lowest BCUT2D eigenvalue weighted by molar-refractivity contribution is -0.305. The zero-order valence-electron chi connectivity index (χ0n) is 27.4. The van der Waals surface area contributed by atoms with E-state index in [9.17, 15) is 34.2 Å². The molecule has 6 aliphatic rings. The first-order valence-electron chi connectivity index (χ1n) is 16.7. The number of carbonyl (C=O) groups excluding carboxylic acids is 5. The summed E-state index contributed by atoms with van der Waals surface area (Å²) in [5.41, 5.74) is -3.14. The van der Waals surface area contributed by atoms with Crippen molar-refractivity contribution in [3.63, 3.8) is 0 Å². The van der Waals surface area contributed by atoms with Gasteiger partial charge in [0.1, 0.15) is 12.9 Å². The van der Waals surface area contributed by atoms with Gasteiger partial charge in [0.15, 0.2) is 24.6 Å². The molecule has 2 aliphatic heterocycles. The lowest BCUT2D eigenvalue weighted by Gasteiger charge is -2.65. The van der Waals surface area contributed by atoms with E-state index >= 15 is 0 Å². The molecule has 0 radical (unpaired) electrons. The molecular formula is C34H46O13. The van der Waals surface area contributed by atoms with Crippen LogP contribution in [0.1, 0.15) is 85.5 Å². The first-order valence-corrected chi connectivity index (χ1v) is 16.7. The molecule has 1 unspecified atom stereocenters. The van der Waals surface area contributed by atoms with Crippen LogP contribution in [-0.2, 0) is 52.4 Å². The molecule has 4 saturated carbocycles. The molecule has 13 heteroatoms. The molecule has 0 aromatic heterocycles. The van der Waals surface area contributed by atoms with Crippen LogP contribution in [0.25, 0.3) is 0 Å². The number of esters is 4. The minimum atomic E-state index is -1.42. The Kier molecular flexibility index (Phi) is 8.85. The summed E-state index contributed by atoms with van der Waals surface area (Å²) in [4.78, 5) is 60.9. The Morgan fingerprint density at radius 2 is 1.57 bits per heavy atom. The second kappa shape index (κ2) is 12.2. The Balaban J connectivity index is 1.21. The predicted octanol–water partition coefficient (Wildman–Crippen LogP) is 2.07. The number of rotatable bonds is 7. The van der Waals surface area contributed by atoms with Crippen molar-refractivity contribution in [1.82, 2.24) is 0 Å². The fourth-order valence-electron chi connectivity index (χ4n) is 10.4. The van der Waals surface area contributed by atoms with Crippen LogP contribution in [0.5, 0.6) is 0 Å². The van der Waals surface area contributed by atoms with E-state index in [1.54, 1.807) is 6.08 Å². The summed E-state index contributed by atoms with van der Waals surface area (Å²) in [7, 11) is 0. The normalized spacial score (nSPS) is 45.7.